The molecule has 0 fully saturated rings. The predicted molar refractivity (Wildman–Crippen MR) is 135 cm³/mol. The smallest absolute Gasteiger partial charge is 0.412 e. The van der Waals surface area contributed by atoms with Crippen molar-refractivity contribution in [3.8, 4) is 11.4 Å². The molecule has 4 aromatic rings. The fraction of sp³-hybridized carbons (Fsp3) is 0.304. The predicted octanol–water partition coefficient (Wildman–Crippen LogP) is 3.15. The molecule has 4 N–H and O–H groups in total. The molecule has 12 nitrogen and oxygen atoms in total. The molecule has 0 saturated carbocycles. The van der Waals surface area contributed by atoms with Gasteiger partial charge in [-0.15, -0.1) is 11.3 Å². The number of anilines is 2. The van der Waals surface area contributed by atoms with Crippen molar-refractivity contribution in [3.63, 3.8) is 0 Å². The number of benzene rings is 1. The van der Waals surface area contributed by atoms with Crippen LogP contribution in [0.25, 0.3) is 22.2 Å². The molecule has 0 aliphatic carbocycles. The number of fused-ring (bicyclic) bond motifs is 1. The fourth-order valence-corrected chi connectivity index (χ4v) is 4.11. The van der Waals surface area contributed by atoms with Crippen molar-refractivity contribution in [2.24, 2.45) is 0 Å². The number of H-pyrrole nitrogens is 1. The molecular weight excluding hydrogens is 486 g/mol. The maximum atomic E-state index is 12.2. The average molecular weight is 512 g/mol. The molecule has 0 unspecified atom stereocenters. The van der Waals surface area contributed by atoms with Crippen LogP contribution in [0.2, 0.25) is 0 Å². The normalized spacial score (nSPS) is 10.8. The number of rotatable bonds is 11. The van der Waals surface area contributed by atoms with Crippen LogP contribution >= 0.6 is 11.3 Å². The number of hydrogen-bond acceptors (Lipinski definition) is 10. The fourth-order valence-electron chi connectivity index (χ4n) is 3.34. The van der Waals surface area contributed by atoms with E-state index in [0.717, 1.165) is 5.39 Å². The van der Waals surface area contributed by atoms with Crippen molar-refractivity contribution >= 4 is 44.9 Å². The first-order chi connectivity index (χ1) is 17.5. The molecule has 0 saturated heterocycles. The number of aromatic amines is 1. The Morgan fingerprint density at radius 2 is 2.03 bits per heavy atom. The monoisotopic (exact) mass is 511 g/mol. The number of ether oxygens (including phenoxy) is 1. The Hall–Kier alpha value is -4.26. The summed E-state index contributed by atoms with van der Waals surface area (Å²) >= 11 is 1.32. The van der Waals surface area contributed by atoms with Gasteiger partial charge in [-0.3, -0.25) is 14.9 Å². The van der Waals surface area contributed by atoms with Crippen molar-refractivity contribution in [1.29, 1.82) is 0 Å². The van der Waals surface area contributed by atoms with Crippen molar-refractivity contribution in [2.75, 3.05) is 30.3 Å². The SMILES string of the molecule is CCOC(=O)Nc1cc(-c2noc(CCC(=O)NCCCNc3n[nH]c(=O)c4ccccc34)n2)cs1. The highest BCUT2D eigenvalue weighted by Gasteiger charge is 2.13. The minimum atomic E-state index is -0.525. The van der Waals surface area contributed by atoms with Crippen LogP contribution in [0, 0.1) is 0 Å². The van der Waals surface area contributed by atoms with E-state index in [9.17, 15) is 14.4 Å². The molecule has 0 bridgehead atoms. The molecule has 0 radical (unpaired) electrons. The van der Waals surface area contributed by atoms with Crippen LogP contribution in [0.4, 0.5) is 15.6 Å². The third kappa shape index (κ3) is 6.44. The van der Waals surface area contributed by atoms with Crippen LogP contribution in [0.5, 0.6) is 0 Å². The largest absolute Gasteiger partial charge is 0.450 e. The van der Waals surface area contributed by atoms with Crippen molar-refractivity contribution in [3.05, 3.63) is 52.0 Å². The minimum absolute atomic E-state index is 0.126. The van der Waals surface area contributed by atoms with Gasteiger partial charge < -0.3 is 19.9 Å². The van der Waals surface area contributed by atoms with Crippen LogP contribution in [0.1, 0.15) is 25.7 Å². The van der Waals surface area contributed by atoms with Crippen LogP contribution in [-0.2, 0) is 16.0 Å². The molecule has 0 aliphatic heterocycles. The lowest BCUT2D eigenvalue weighted by molar-refractivity contribution is -0.121. The van der Waals surface area contributed by atoms with E-state index in [1.165, 1.54) is 11.3 Å². The number of carbonyl (C=O) groups is 2. The molecule has 0 aliphatic rings. The van der Waals surface area contributed by atoms with E-state index < -0.39 is 6.09 Å². The number of hydrogen-bond donors (Lipinski definition) is 4. The van der Waals surface area contributed by atoms with Gasteiger partial charge in [0.05, 0.1) is 17.0 Å². The van der Waals surface area contributed by atoms with Crippen LogP contribution in [0.15, 0.2) is 45.0 Å². The number of aromatic nitrogens is 4. The Kier molecular flexibility index (Phi) is 8.24. The van der Waals surface area contributed by atoms with E-state index in [0.29, 0.717) is 59.4 Å². The molecule has 4 rings (SSSR count). The summed E-state index contributed by atoms with van der Waals surface area (Å²) in [6.45, 7) is 3.07. The molecule has 2 amide bonds. The number of amides is 2. The van der Waals surface area contributed by atoms with E-state index in [-0.39, 0.29) is 24.5 Å². The van der Waals surface area contributed by atoms with Gasteiger partial charge in [-0.2, -0.15) is 10.1 Å². The highest BCUT2D eigenvalue weighted by Crippen LogP contribution is 2.27. The van der Waals surface area contributed by atoms with E-state index in [4.69, 9.17) is 9.26 Å². The third-order valence-corrected chi connectivity index (χ3v) is 5.90. The first-order valence-electron chi connectivity index (χ1n) is 11.4. The van der Waals surface area contributed by atoms with Gasteiger partial charge in [-0.25, -0.2) is 9.89 Å². The zero-order valence-electron chi connectivity index (χ0n) is 19.5. The number of carbonyl (C=O) groups excluding carboxylic acids is 2. The van der Waals surface area contributed by atoms with Crippen LogP contribution in [-0.4, -0.2) is 52.0 Å². The summed E-state index contributed by atoms with van der Waals surface area (Å²) in [4.78, 5) is 39.9. The minimum Gasteiger partial charge on any atom is -0.450 e. The molecule has 3 heterocycles. The molecule has 13 heteroatoms. The third-order valence-electron chi connectivity index (χ3n) is 5.06. The van der Waals surface area contributed by atoms with Gasteiger partial charge in [0.2, 0.25) is 17.6 Å². The number of aryl methyl sites for hydroxylation is 1. The number of nitrogens with one attached hydrogen (secondary N) is 4. The van der Waals surface area contributed by atoms with Gasteiger partial charge in [0.1, 0.15) is 0 Å². The highest BCUT2D eigenvalue weighted by atomic mass is 32.1. The lowest BCUT2D eigenvalue weighted by Crippen LogP contribution is -2.26. The van der Waals surface area contributed by atoms with Gasteiger partial charge in [0, 0.05) is 42.3 Å². The lowest BCUT2D eigenvalue weighted by atomic mass is 10.2. The molecule has 3 aromatic heterocycles. The molecule has 36 heavy (non-hydrogen) atoms. The van der Waals surface area contributed by atoms with Crippen molar-refractivity contribution in [2.45, 2.75) is 26.2 Å². The van der Waals surface area contributed by atoms with Gasteiger partial charge in [0.15, 0.2) is 5.82 Å². The summed E-state index contributed by atoms with van der Waals surface area (Å²) in [6.07, 6.45) is 0.664. The first kappa shape index (κ1) is 24.9. The molecule has 0 atom stereocenters. The Balaban J connectivity index is 1.17. The van der Waals surface area contributed by atoms with E-state index >= 15 is 0 Å². The summed E-state index contributed by atoms with van der Waals surface area (Å²) < 4.78 is 10.1. The first-order valence-corrected chi connectivity index (χ1v) is 12.2. The molecule has 188 valence electrons. The van der Waals surface area contributed by atoms with E-state index in [1.807, 2.05) is 12.1 Å². The highest BCUT2D eigenvalue weighted by molar-refractivity contribution is 7.14. The summed E-state index contributed by atoms with van der Waals surface area (Å²) in [6, 6.07) is 8.96. The van der Waals surface area contributed by atoms with Gasteiger partial charge in [-0.1, -0.05) is 23.4 Å². The Labute approximate surface area is 209 Å². The van der Waals surface area contributed by atoms with Gasteiger partial charge >= 0.3 is 6.09 Å². The van der Waals surface area contributed by atoms with Gasteiger partial charge in [-0.05, 0) is 25.5 Å². The van der Waals surface area contributed by atoms with Gasteiger partial charge in [0.25, 0.3) is 5.56 Å². The summed E-state index contributed by atoms with van der Waals surface area (Å²) in [5, 5.41) is 22.9. The quantitative estimate of drug-likeness (QED) is 0.221. The lowest BCUT2D eigenvalue weighted by Gasteiger charge is -2.08. The van der Waals surface area contributed by atoms with Crippen molar-refractivity contribution in [1.82, 2.24) is 25.7 Å². The van der Waals surface area contributed by atoms with Crippen molar-refractivity contribution < 1.29 is 18.8 Å². The summed E-state index contributed by atoms with van der Waals surface area (Å²) in [5.41, 5.74) is 0.464. The van der Waals surface area contributed by atoms with E-state index in [1.54, 1.807) is 30.5 Å². The molecule has 0 spiro atoms. The number of nitrogens with zero attached hydrogens (tertiary/aromatic N) is 3. The molecular formula is C23H25N7O5S. The zero-order valence-corrected chi connectivity index (χ0v) is 20.3. The summed E-state index contributed by atoms with van der Waals surface area (Å²) in [5.74, 6) is 1.20. The second-order valence-corrected chi connectivity index (χ2v) is 8.55. The topological polar surface area (TPSA) is 164 Å². The summed E-state index contributed by atoms with van der Waals surface area (Å²) in [7, 11) is 0. The average Bonchev–Trinajstić information content (AvgIpc) is 3.54. The standard InChI is InChI=1S/C23H25N7O5S/c1-2-34-23(33)27-19-12-14(13-36-19)20-26-18(35-30-20)9-8-17(31)24-10-5-11-25-21-15-6-3-4-7-16(15)22(32)29-28-21/h3-4,6-7,12-13H,2,5,8-11H2,1H3,(H,24,31)(H,25,28)(H,27,33)(H,29,32). The Morgan fingerprint density at radius 3 is 2.86 bits per heavy atom. The second-order valence-electron chi connectivity index (χ2n) is 7.63. The van der Waals surface area contributed by atoms with Crippen LogP contribution in [0.3, 0.4) is 0 Å². The Bertz CT molecular complexity index is 1400. The maximum Gasteiger partial charge on any atom is 0.412 e. The zero-order chi connectivity index (χ0) is 25.3. The Morgan fingerprint density at radius 1 is 1.19 bits per heavy atom. The second kappa shape index (κ2) is 11.9. The number of thiophene rings is 1. The van der Waals surface area contributed by atoms with E-state index in [2.05, 4.69) is 36.3 Å². The molecule has 1 aromatic carbocycles. The maximum absolute atomic E-state index is 12.2. The van der Waals surface area contributed by atoms with Crippen LogP contribution < -0.4 is 21.5 Å².